The number of aliphatic imine (C=N–C) groups is 1. The van der Waals surface area contributed by atoms with Crippen LogP contribution in [0, 0.1) is 0 Å². The molecule has 8 nitrogen and oxygen atoms in total. The maximum Gasteiger partial charge on any atom is 0.335 e. The van der Waals surface area contributed by atoms with Gasteiger partial charge in [-0.3, -0.25) is 9.69 Å². The standard InChI is InChI=1S/C34H28BrClN2O6S/c1-3-43-29-17-23(16-28(35)31(29)44-20-22-6-10-25(36)11-7-22)18-30-32(39)38(19-21-4-8-24(9-5-21)33(40)41)34(45-30)37-26-12-14-27(42-2)15-13-26/h4-18H,3,19-20H2,1-2H3,(H,40,41)/b30-18-,37-34?. The van der Waals surface area contributed by atoms with E-state index in [0.29, 0.717) is 55.7 Å². The molecule has 0 aromatic heterocycles. The van der Waals surface area contributed by atoms with Crippen molar-refractivity contribution < 1.29 is 28.9 Å². The fourth-order valence-electron chi connectivity index (χ4n) is 4.40. The third-order valence-corrected chi connectivity index (χ3v) is 8.50. The lowest BCUT2D eigenvalue weighted by molar-refractivity contribution is -0.122. The summed E-state index contributed by atoms with van der Waals surface area (Å²) < 4.78 is 18.0. The van der Waals surface area contributed by atoms with Crippen molar-refractivity contribution in [2.45, 2.75) is 20.1 Å². The SMILES string of the molecule is CCOc1cc(/C=C2\SC(=Nc3ccc(OC)cc3)N(Cc3ccc(C(=O)O)cc3)C2=O)cc(Br)c1OCc1ccc(Cl)cc1. The smallest absolute Gasteiger partial charge is 0.335 e. The minimum atomic E-state index is -1.01. The first-order chi connectivity index (χ1) is 21.7. The van der Waals surface area contributed by atoms with Gasteiger partial charge in [0, 0.05) is 5.02 Å². The molecule has 0 atom stereocenters. The normalized spacial score (nSPS) is 14.7. The molecule has 1 fully saturated rings. The highest BCUT2D eigenvalue weighted by Gasteiger charge is 2.33. The van der Waals surface area contributed by atoms with E-state index in [2.05, 4.69) is 15.9 Å². The van der Waals surface area contributed by atoms with Crippen molar-refractivity contribution in [1.29, 1.82) is 0 Å². The third kappa shape index (κ3) is 8.08. The molecule has 1 amide bonds. The maximum atomic E-state index is 13.8. The van der Waals surface area contributed by atoms with E-state index in [1.165, 1.54) is 23.9 Å². The number of benzene rings is 4. The van der Waals surface area contributed by atoms with E-state index >= 15 is 0 Å². The Morgan fingerprint density at radius 2 is 1.69 bits per heavy atom. The van der Waals surface area contributed by atoms with Gasteiger partial charge in [0.2, 0.25) is 0 Å². The van der Waals surface area contributed by atoms with Crippen LogP contribution in [0.25, 0.3) is 6.08 Å². The molecule has 0 unspecified atom stereocenters. The summed E-state index contributed by atoms with van der Waals surface area (Å²) in [5, 5.41) is 10.4. The third-order valence-electron chi connectivity index (χ3n) is 6.65. The molecule has 11 heteroatoms. The zero-order valence-electron chi connectivity index (χ0n) is 24.3. The Labute approximate surface area is 278 Å². The summed E-state index contributed by atoms with van der Waals surface area (Å²) in [7, 11) is 1.59. The predicted molar refractivity (Wildman–Crippen MR) is 181 cm³/mol. The monoisotopic (exact) mass is 706 g/mol. The highest BCUT2D eigenvalue weighted by atomic mass is 79.9. The van der Waals surface area contributed by atoms with Crippen LogP contribution in [0.2, 0.25) is 5.02 Å². The number of aromatic carboxylic acids is 1. The number of rotatable bonds is 11. The van der Waals surface area contributed by atoms with Gasteiger partial charge in [0.05, 0.1) is 40.9 Å². The predicted octanol–water partition coefficient (Wildman–Crippen LogP) is 8.59. The second-order valence-electron chi connectivity index (χ2n) is 9.77. The second kappa shape index (κ2) is 14.7. The molecule has 230 valence electrons. The van der Waals surface area contributed by atoms with Gasteiger partial charge in [-0.05, 0) is 118 Å². The van der Waals surface area contributed by atoms with Crippen LogP contribution in [-0.4, -0.2) is 40.8 Å². The average molecular weight is 708 g/mol. The van der Waals surface area contributed by atoms with Crippen molar-refractivity contribution in [3.63, 3.8) is 0 Å². The largest absolute Gasteiger partial charge is 0.497 e. The first-order valence-electron chi connectivity index (χ1n) is 13.8. The molecule has 4 aromatic carbocycles. The van der Waals surface area contributed by atoms with E-state index in [1.54, 1.807) is 42.4 Å². The number of halogens is 2. The quantitative estimate of drug-likeness (QED) is 0.156. The van der Waals surface area contributed by atoms with Crippen molar-refractivity contribution >= 4 is 68.1 Å². The van der Waals surface area contributed by atoms with E-state index in [4.69, 9.17) is 30.8 Å². The minimum absolute atomic E-state index is 0.171. The van der Waals surface area contributed by atoms with Gasteiger partial charge in [0.15, 0.2) is 16.7 Å². The average Bonchev–Trinajstić information content (AvgIpc) is 3.31. The summed E-state index contributed by atoms with van der Waals surface area (Å²) in [6.07, 6.45) is 1.79. The number of carbonyl (C=O) groups is 2. The van der Waals surface area contributed by atoms with Crippen LogP contribution >= 0.6 is 39.3 Å². The number of nitrogens with zero attached hydrogens (tertiary/aromatic N) is 2. The van der Waals surface area contributed by atoms with Gasteiger partial charge >= 0.3 is 5.97 Å². The fraction of sp³-hybridized carbons (Fsp3) is 0.147. The van der Waals surface area contributed by atoms with Crippen LogP contribution in [0.4, 0.5) is 5.69 Å². The number of thioether (sulfide) groups is 1. The molecule has 1 aliphatic heterocycles. The summed E-state index contributed by atoms with van der Waals surface area (Å²) in [6.45, 7) is 2.84. The maximum absolute atomic E-state index is 13.8. The summed E-state index contributed by atoms with van der Waals surface area (Å²) in [6, 6.07) is 24.8. The van der Waals surface area contributed by atoms with Crippen LogP contribution in [0.15, 0.2) is 99.3 Å². The number of hydrogen-bond donors (Lipinski definition) is 1. The molecule has 0 radical (unpaired) electrons. The molecule has 45 heavy (non-hydrogen) atoms. The van der Waals surface area contributed by atoms with Crippen LogP contribution in [0.5, 0.6) is 17.2 Å². The second-order valence-corrected chi connectivity index (χ2v) is 12.1. The van der Waals surface area contributed by atoms with E-state index in [9.17, 15) is 14.7 Å². The molecule has 4 aromatic rings. The van der Waals surface area contributed by atoms with E-state index < -0.39 is 5.97 Å². The Kier molecular flexibility index (Phi) is 10.5. The fourth-order valence-corrected chi connectivity index (χ4v) is 6.09. The van der Waals surface area contributed by atoms with Crippen LogP contribution in [0.1, 0.15) is 34.0 Å². The van der Waals surface area contributed by atoms with Gasteiger partial charge in [0.25, 0.3) is 5.91 Å². The zero-order chi connectivity index (χ0) is 31.9. The molecule has 1 saturated heterocycles. The molecule has 0 spiro atoms. The van der Waals surface area contributed by atoms with Crippen molar-refractivity contribution in [1.82, 2.24) is 4.90 Å². The lowest BCUT2D eigenvalue weighted by Crippen LogP contribution is -2.28. The molecular formula is C34H28BrClN2O6S. The Balaban J connectivity index is 1.45. The number of ether oxygens (including phenoxy) is 3. The molecule has 1 heterocycles. The van der Waals surface area contributed by atoms with Crippen molar-refractivity contribution in [2.24, 2.45) is 4.99 Å². The Hall–Kier alpha value is -4.25. The van der Waals surface area contributed by atoms with E-state index in [-0.39, 0.29) is 18.0 Å². The van der Waals surface area contributed by atoms with Crippen molar-refractivity contribution in [3.8, 4) is 17.2 Å². The van der Waals surface area contributed by atoms with Crippen molar-refractivity contribution in [3.05, 3.63) is 122 Å². The van der Waals surface area contributed by atoms with Gasteiger partial charge in [0.1, 0.15) is 12.4 Å². The molecular weight excluding hydrogens is 680 g/mol. The Morgan fingerprint density at radius 3 is 2.33 bits per heavy atom. The number of methoxy groups -OCH3 is 1. The highest BCUT2D eigenvalue weighted by Crippen LogP contribution is 2.40. The number of amidine groups is 1. The van der Waals surface area contributed by atoms with Gasteiger partial charge in [-0.15, -0.1) is 0 Å². The first-order valence-corrected chi connectivity index (χ1v) is 15.8. The number of amides is 1. The molecule has 0 bridgehead atoms. The van der Waals surface area contributed by atoms with Gasteiger partial charge in [-0.25, -0.2) is 9.79 Å². The number of carboxylic acids is 1. The number of hydrogen-bond acceptors (Lipinski definition) is 7. The first kappa shape index (κ1) is 32.2. The Bertz CT molecular complexity index is 1760. The van der Waals surface area contributed by atoms with Crippen molar-refractivity contribution in [2.75, 3.05) is 13.7 Å². The summed E-state index contributed by atoms with van der Waals surface area (Å²) in [5.74, 6) is 0.534. The lowest BCUT2D eigenvalue weighted by atomic mass is 10.1. The van der Waals surface area contributed by atoms with Crippen LogP contribution in [0.3, 0.4) is 0 Å². The Morgan fingerprint density at radius 1 is 1.00 bits per heavy atom. The minimum Gasteiger partial charge on any atom is -0.497 e. The molecule has 1 aliphatic rings. The molecule has 1 N–H and O–H groups in total. The highest BCUT2D eigenvalue weighted by molar-refractivity contribution is 9.10. The zero-order valence-corrected chi connectivity index (χ0v) is 27.5. The topological polar surface area (TPSA) is 97.7 Å². The number of carbonyl (C=O) groups excluding carboxylic acids is 1. The van der Waals surface area contributed by atoms with Crippen LogP contribution < -0.4 is 14.2 Å². The number of carboxylic acid groups (broad SMARTS) is 1. The molecule has 0 saturated carbocycles. The van der Waals surface area contributed by atoms with E-state index in [1.807, 2.05) is 55.5 Å². The van der Waals surface area contributed by atoms with Gasteiger partial charge in [-0.2, -0.15) is 0 Å². The lowest BCUT2D eigenvalue weighted by Gasteiger charge is -2.16. The molecule has 5 rings (SSSR count). The van der Waals surface area contributed by atoms with Crippen LogP contribution in [-0.2, 0) is 17.9 Å². The summed E-state index contributed by atoms with van der Waals surface area (Å²) >= 11 is 10.9. The summed E-state index contributed by atoms with van der Waals surface area (Å²) in [4.78, 5) is 31.9. The summed E-state index contributed by atoms with van der Waals surface area (Å²) in [5.41, 5.74) is 3.28. The van der Waals surface area contributed by atoms with Gasteiger partial charge in [-0.1, -0.05) is 35.9 Å². The van der Waals surface area contributed by atoms with Gasteiger partial charge < -0.3 is 19.3 Å². The van der Waals surface area contributed by atoms with E-state index in [0.717, 1.165) is 16.7 Å². The molecule has 0 aliphatic carbocycles.